The van der Waals surface area contributed by atoms with E-state index < -0.39 is 0 Å². The highest BCUT2D eigenvalue weighted by atomic mass is 15.4. The van der Waals surface area contributed by atoms with E-state index in [1.807, 2.05) is 38.6 Å². The Bertz CT molecular complexity index is 232. The lowest BCUT2D eigenvalue weighted by Crippen LogP contribution is -2.30. The Kier molecular flexibility index (Phi) is 7.02. The van der Waals surface area contributed by atoms with Crippen LogP contribution in [0, 0.1) is 0 Å². The van der Waals surface area contributed by atoms with Gasteiger partial charge in [-0.3, -0.25) is 4.90 Å². The van der Waals surface area contributed by atoms with Crippen molar-refractivity contribution in [1.82, 2.24) is 19.9 Å². The molecule has 14 heavy (non-hydrogen) atoms. The predicted molar refractivity (Wildman–Crippen MR) is 59.1 cm³/mol. The van der Waals surface area contributed by atoms with Crippen LogP contribution in [0.25, 0.3) is 0 Å². The minimum atomic E-state index is 0.978. The molecule has 0 amide bonds. The molecule has 2 rings (SSSR count). The van der Waals surface area contributed by atoms with Crippen molar-refractivity contribution in [2.45, 2.75) is 40.8 Å². The highest BCUT2D eigenvalue weighted by Crippen LogP contribution is 2.06. The van der Waals surface area contributed by atoms with E-state index in [1.54, 1.807) is 0 Å². The molecule has 2 heterocycles. The summed E-state index contributed by atoms with van der Waals surface area (Å²) in [4.78, 5) is 2.26. The van der Waals surface area contributed by atoms with Crippen LogP contribution in [0.4, 0.5) is 0 Å². The zero-order chi connectivity index (χ0) is 11.0. The molecule has 0 saturated heterocycles. The Morgan fingerprint density at radius 2 is 1.79 bits per heavy atom. The lowest BCUT2D eigenvalue weighted by atomic mass is 10.3. The maximum Gasteiger partial charge on any atom is 0.0738 e. The molecular weight excluding hydrogens is 176 g/mol. The number of rotatable bonds is 0. The molecule has 0 bridgehead atoms. The van der Waals surface area contributed by atoms with Crippen LogP contribution in [0.3, 0.4) is 0 Å². The number of fused-ring (bicyclic) bond motifs is 1. The fraction of sp³-hybridized carbons (Fsp3) is 0.800. The zero-order valence-electron chi connectivity index (χ0n) is 9.99. The number of nitrogens with zero attached hydrogens (tertiary/aromatic N) is 4. The van der Waals surface area contributed by atoms with Crippen molar-refractivity contribution in [3.63, 3.8) is 0 Å². The van der Waals surface area contributed by atoms with Gasteiger partial charge in [-0.1, -0.05) is 32.9 Å². The second-order valence-electron chi connectivity index (χ2n) is 2.69. The van der Waals surface area contributed by atoms with E-state index >= 15 is 0 Å². The molecule has 82 valence electrons. The molecule has 4 nitrogen and oxygen atoms in total. The van der Waals surface area contributed by atoms with Crippen LogP contribution < -0.4 is 0 Å². The first-order chi connectivity index (χ1) is 6.86. The summed E-state index contributed by atoms with van der Waals surface area (Å²) in [6, 6.07) is 0. The molecule has 0 N–H and O–H groups in total. The molecule has 1 aliphatic heterocycles. The maximum absolute atomic E-state index is 3.93. The van der Waals surface area contributed by atoms with Gasteiger partial charge in [0.15, 0.2) is 0 Å². The third-order valence-electron chi connectivity index (χ3n) is 1.82. The van der Waals surface area contributed by atoms with Crippen molar-refractivity contribution in [1.29, 1.82) is 0 Å². The number of aromatic nitrogens is 3. The monoisotopic (exact) mass is 198 g/mol. The van der Waals surface area contributed by atoms with Gasteiger partial charge >= 0.3 is 0 Å². The summed E-state index contributed by atoms with van der Waals surface area (Å²) in [5.74, 6) is 0. The average molecular weight is 198 g/mol. The molecule has 0 radical (unpaired) electrons. The van der Waals surface area contributed by atoms with Crippen molar-refractivity contribution in [3.05, 3.63) is 11.9 Å². The van der Waals surface area contributed by atoms with Crippen molar-refractivity contribution in [2.24, 2.45) is 0 Å². The Morgan fingerprint density at radius 1 is 1.14 bits per heavy atom. The molecule has 0 unspecified atom stereocenters. The summed E-state index contributed by atoms with van der Waals surface area (Å²) < 4.78 is 1.96. The molecule has 0 aliphatic carbocycles. The Labute approximate surface area is 86.9 Å². The Balaban J connectivity index is 0.000000379. The highest BCUT2D eigenvalue weighted by Gasteiger charge is 2.12. The van der Waals surface area contributed by atoms with E-state index in [1.165, 1.54) is 5.69 Å². The quantitative estimate of drug-likeness (QED) is 0.637. The fourth-order valence-electron chi connectivity index (χ4n) is 1.21. The van der Waals surface area contributed by atoms with Crippen molar-refractivity contribution in [3.8, 4) is 0 Å². The van der Waals surface area contributed by atoms with Crippen molar-refractivity contribution in [2.75, 3.05) is 13.6 Å². The van der Waals surface area contributed by atoms with Crippen molar-refractivity contribution >= 4 is 0 Å². The minimum Gasteiger partial charge on any atom is -0.299 e. The Hall–Kier alpha value is -0.900. The first kappa shape index (κ1) is 13.1. The topological polar surface area (TPSA) is 34.0 Å². The first-order valence-corrected chi connectivity index (χ1v) is 5.42. The summed E-state index contributed by atoms with van der Waals surface area (Å²) >= 11 is 0. The van der Waals surface area contributed by atoms with Crippen LogP contribution in [-0.4, -0.2) is 33.5 Å². The van der Waals surface area contributed by atoms with Crippen LogP contribution in [0.5, 0.6) is 0 Å². The van der Waals surface area contributed by atoms with E-state index in [2.05, 4.69) is 22.3 Å². The second-order valence-corrected chi connectivity index (χ2v) is 2.69. The maximum atomic E-state index is 3.93. The van der Waals surface area contributed by atoms with E-state index in [9.17, 15) is 0 Å². The third-order valence-corrected chi connectivity index (χ3v) is 1.82. The van der Waals surface area contributed by atoms with Gasteiger partial charge in [-0.05, 0) is 7.05 Å². The van der Waals surface area contributed by atoms with Gasteiger partial charge in [0.2, 0.25) is 0 Å². The van der Waals surface area contributed by atoms with Gasteiger partial charge in [-0.15, -0.1) is 5.10 Å². The third kappa shape index (κ3) is 3.46. The first-order valence-electron chi connectivity index (χ1n) is 5.42. The highest BCUT2D eigenvalue weighted by molar-refractivity contribution is 4.95. The van der Waals surface area contributed by atoms with E-state index in [0.717, 1.165) is 19.6 Å². The fourth-order valence-corrected chi connectivity index (χ4v) is 1.21. The van der Waals surface area contributed by atoms with Crippen LogP contribution in [0.2, 0.25) is 0 Å². The molecule has 4 heteroatoms. The molecule has 0 spiro atoms. The molecule has 0 fully saturated rings. The summed E-state index contributed by atoms with van der Waals surface area (Å²) in [5.41, 5.74) is 1.22. The summed E-state index contributed by atoms with van der Waals surface area (Å²) in [6.45, 7) is 11.0. The normalized spacial score (nSPS) is 14.4. The van der Waals surface area contributed by atoms with Gasteiger partial charge in [0.05, 0.1) is 18.4 Å². The minimum absolute atomic E-state index is 0.978. The van der Waals surface area contributed by atoms with Gasteiger partial charge in [-0.25, -0.2) is 4.68 Å². The summed E-state index contributed by atoms with van der Waals surface area (Å²) in [6.07, 6.45) is 1.83. The molecule has 1 aromatic heterocycles. The van der Waals surface area contributed by atoms with E-state index in [4.69, 9.17) is 0 Å². The molecular formula is C10H22N4. The molecule has 0 saturated carbocycles. The van der Waals surface area contributed by atoms with Gasteiger partial charge in [0.1, 0.15) is 0 Å². The van der Waals surface area contributed by atoms with Gasteiger partial charge in [-0.2, -0.15) is 0 Å². The number of hydrogen-bond donors (Lipinski definition) is 0. The summed E-state index contributed by atoms with van der Waals surface area (Å²) in [5, 5.41) is 7.76. The predicted octanol–water partition coefficient (Wildman–Crippen LogP) is 1.78. The summed E-state index contributed by atoms with van der Waals surface area (Å²) in [7, 11) is 2.11. The van der Waals surface area contributed by atoms with Crippen LogP contribution in [-0.2, 0) is 13.1 Å². The SMILES string of the molecule is CC.CC.CN1CCn2nncc2C1. The van der Waals surface area contributed by atoms with Crippen LogP contribution in [0.1, 0.15) is 33.4 Å². The lowest BCUT2D eigenvalue weighted by Gasteiger charge is -2.21. The van der Waals surface area contributed by atoms with Crippen LogP contribution in [0.15, 0.2) is 6.20 Å². The number of likely N-dealkylation sites (N-methyl/N-ethyl adjacent to an activating group) is 1. The van der Waals surface area contributed by atoms with Gasteiger partial charge in [0.25, 0.3) is 0 Å². The molecule has 0 aromatic carbocycles. The van der Waals surface area contributed by atoms with Gasteiger partial charge in [0, 0.05) is 13.1 Å². The number of hydrogen-bond acceptors (Lipinski definition) is 3. The molecule has 1 aliphatic rings. The second kappa shape index (κ2) is 7.50. The largest absolute Gasteiger partial charge is 0.299 e. The van der Waals surface area contributed by atoms with E-state index in [0.29, 0.717) is 0 Å². The van der Waals surface area contributed by atoms with Crippen LogP contribution >= 0.6 is 0 Å². The lowest BCUT2D eigenvalue weighted by molar-refractivity contribution is 0.258. The molecule has 1 aromatic rings. The van der Waals surface area contributed by atoms with Crippen molar-refractivity contribution < 1.29 is 0 Å². The van der Waals surface area contributed by atoms with E-state index in [-0.39, 0.29) is 0 Å². The molecule has 0 atom stereocenters. The Morgan fingerprint density at radius 3 is 2.43 bits per heavy atom. The smallest absolute Gasteiger partial charge is 0.0738 e. The zero-order valence-corrected chi connectivity index (χ0v) is 9.99. The van der Waals surface area contributed by atoms with Gasteiger partial charge < -0.3 is 0 Å². The standard InChI is InChI=1S/C6H10N4.2C2H6/c1-9-2-3-10-6(5-9)4-7-8-10;2*1-2/h4H,2-3,5H2,1H3;2*1-2H3. The average Bonchev–Trinajstić information content (AvgIpc) is 2.71.